The van der Waals surface area contributed by atoms with Crippen LogP contribution in [0.3, 0.4) is 0 Å². The zero-order chi connectivity index (χ0) is 14.3. The number of imidazole rings is 1. The second-order valence-corrected chi connectivity index (χ2v) is 4.23. The summed E-state index contributed by atoms with van der Waals surface area (Å²) >= 11 is 0. The zero-order valence-corrected chi connectivity index (χ0v) is 11.4. The molecule has 108 valence electrons. The predicted octanol–water partition coefficient (Wildman–Crippen LogP) is -0.692. The van der Waals surface area contributed by atoms with E-state index in [1.165, 1.54) is 0 Å². The van der Waals surface area contributed by atoms with Gasteiger partial charge in [-0.05, 0) is 13.8 Å². The first-order chi connectivity index (χ1) is 9.06. The number of aromatic nitrogens is 2. The first kappa shape index (κ1) is 15.5. The average Bonchev–Trinajstić information content (AvgIpc) is 2.61. The van der Waals surface area contributed by atoms with E-state index in [1.807, 2.05) is 13.8 Å². The molecule has 3 N–H and O–H groups in total. The lowest BCUT2D eigenvalue weighted by molar-refractivity contribution is -0.121. The van der Waals surface area contributed by atoms with Gasteiger partial charge in [-0.2, -0.15) is 0 Å². The van der Waals surface area contributed by atoms with Crippen LogP contribution in [0.4, 0.5) is 0 Å². The highest BCUT2D eigenvalue weighted by atomic mass is 16.5. The third kappa shape index (κ3) is 4.88. The molecular formula is C12H21N3O4. The Labute approximate surface area is 111 Å². The third-order valence-electron chi connectivity index (χ3n) is 2.85. The minimum atomic E-state index is -0.186. The normalized spacial score (nSPS) is 10.7. The second-order valence-electron chi connectivity index (χ2n) is 4.23. The average molecular weight is 271 g/mol. The molecule has 1 aromatic heterocycles. The topological polar surface area (TPSA) is 96.4 Å². The van der Waals surface area contributed by atoms with Gasteiger partial charge in [0.1, 0.15) is 0 Å². The number of hydrogen-bond donors (Lipinski definition) is 3. The van der Waals surface area contributed by atoms with Gasteiger partial charge in [-0.1, -0.05) is 0 Å². The summed E-state index contributed by atoms with van der Waals surface area (Å²) in [6.07, 6.45) is 0.248. The molecular weight excluding hydrogens is 250 g/mol. The number of aliphatic hydroxyl groups excluding tert-OH is 1. The minimum absolute atomic E-state index is 0.0248. The molecule has 19 heavy (non-hydrogen) atoms. The number of nitrogens with zero attached hydrogens (tertiary/aromatic N) is 1. The molecule has 1 rings (SSSR count). The van der Waals surface area contributed by atoms with Gasteiger partial charge in [-0.25, -0.2) is 4.79 Å². The smallest absolute Gasteiger partial charge is 0.325 e. The molecule has 0 aliphatic rings. The fourth-order valence-electron chi connectivity index (χ4n) is 1.67. The van der Waals surface area contributed by atoms with E-state index in [0.717, 1.165) is 11.4 Å². The molecule has 0 bridgehead atoms. The number of carbonyl (C=O) groups excluding carboxylic acids is 1. The second kappa shape index (κ2) is 7.75. The van der Waals surface area contributed by atoms with Crippen molar-refractivity contribution in [3.8, 4) is 0 Å². The van der Waals surface area contributed by atoms with Crippen LogP contribution in [0.15, 0.2) is 4.79 Å². The minimum Gasteiger partial charge on any atom is -0.394 e. The summed E-state index contributed by atoms with van der Waals surface area (Å²) in [6.45, 7) is 5.04. The lowest BCUT2D eigenvalue weighted by atomic mass is 10.3. The Morgan fingerprint density at radius 2 is 2.16 bits per heavy atom. The Kier molecular flexibility index (Phi) is 6.31. The van der Waals surface area contributed by atoms with Crippen LogP contribution in [0.5, 0.6) is 0 Å². The monoisotopic (exact) mass is 271 g/mol. The van der Waals surface area contributed by atoms with Crippen LogP contribution in [0, 0.1) is 13.8 Å². The molecule has 1 heterocycles. The number of hydrogen-bond acceptors (Lipinski definition) is 4. The zero-order valence-electron chi connectivity index (χ0n) is 11.4. The molecule has 0 unspecified atom stereocenters. The van der Waals surface area contributed by atoms with E-state index in [2.05, 4.69) is 10.3 Å². The Morgan fingerprint density at radius 3 is 2.74 bits per heavy atom. The largest absolute Gasteiger partial charge is 0.394 e. The summed E-state index contributed by atoms with van der Waals surface area (Å²) in [5.41, 5.74) is 1.49. The molecule has 0 aliphatic heterocycles. The van der Waals surface area contributed by atoms with E-state index in [4.69, 9.17) is 9.84 Å². The Morgan fingerprint density at radius 1 is 1.42 bits per heavy atom. The van der Waals surface area contributed by atoms with E-state index in [-0.39, 0.29) is 31.2 Å². The molecule has 0 radical (unpaired) electrons. The lowest BCUT2D eigenvalue weighted by Crippen LogP contribution is -2.29. The highest BCUT2D eigenvalue weighted by molar-refractivity contribution is 5.75. The van der Waals surface area contributed by atoms with Crippen LogP contribution >= 0.6 is 0 Å². The number of aliphatic hydroxyl groups is 1. The van der Waals surface area contributed by atoms with Crippen molar-refractivity contribution in [1.82, 2.24) is 14.9 Å². The standard InChI is InChI=1S/C12H21N3O4/c1-9-10(2)15(12(18)14-9)5-3-11(17)13-4-7-19-8-6-16/h16H,3-8H2,1-2H3,(H,13,17)(H,14,18). The van der Waals surface area contributed by atoms with Crippen LogP contribution in [0.1, 0.15) is 17.8 Å². The third-order valence-corrected chi connectivity index (χ3v) is 2.85. The van der Waals surface area contributed by atoms with Crippen LogP contribution < -0.4 is 11.0 Å². The van der Waals surface area contributed by atoms with Crippen LogP contribution in [-0.2, 0) is 16.1 Å². The van der Waals surface area contributed by atoms with E-state index >= 15 is 0 Å². The van der Waals surface area contributed by atoms with Crippen LogP contribution in [0.25, 0.3) is 0 Å². The van der Waals surface area contributed by atoms with Crippen molar-refractivity contribution in [3.05, 3.63) is 21.9 Å². The van der Waals surface area contributed by atoms with Crippen LogP contribution in [0.2, 0.25) is 0 Å². The van der Waals surface area contributed by atoms with Crippen molar-refractivity contribution in [2.75, 3.05) is 26.4 Å². The highest BCUT2D eigenvalue weighted by Gasteiger charge is 2.08. The maximum absolute atomic E-state index is 11.5. The molecule has 0 saturated heterocycles. The predicted molar refractivity (Wildman–Crippen MR) is 70.1 cm³/mol. The van der Waals surface area contributed by atoms with E-state index in [9.17, 15) is 9.59 Å². The number of aromatic amines is 1. The summed E-state index contributed by atoms with van der Waals surface area (Å²) in [5, 5.41) is 11.2. The molecule has 0 aliphatic carbocycles. The number of H-pyrrole nitrogens is 1. The number of rotatable bonds is 8. The number of amides is 1. The first-order valence-corrected chi connectivity index (χ1v) is 6.27. The molecule has 7 nitrogen and oxygen atoms in total. The highest BCUT2D eigenvalue weighted by Crippen LogP contribution is 2.00. The molecule has 0 saturated carbocycles. The van der Waals surface area contributed by atoms with Crippen molar-refractivity contribution in [1.29, 1.82) is 0 Å². The van der Waals surface area contributed by atoms with Gasteiger partial charge in [0.05, 0.1) is 19.8 Å². The van der Waals surface area contributed by atoms with E-state index in [1.54, 1.807) is 4.57 Å². The van der Waals surface area contributed by atoms with Crippen molar-refractivity contribution in [3.63, 3.8) is 0 Å². The molecule has 0 spiro atoms. The van der Waals surface area contributed by atoms with E-state index < -0.39 is 0 Å². The number of nitrogens with one attached hydrogen (secondary N) is 2. The fourth-order valence-corrected chi connectivity index (χ4v) is 1.67. The van der Waals surface area contributed by atoms with Gasteiger partial charge in [0.15, 0.2) is 0 Å². The number of ether oxygens (including phenoxy) is 1. The van der Waals surface area contributed by atoms with Gasteiger partial charge in [0.2, 0.25) is 5.91 Å². The van der Waals surface area contributed by atoms with Gasteiger partial charge < -0.3 is 20.1 Å². The van der Waals surface area contributed by atoms with Gasteiger partial charge >= 0.3 is 5.69 Å². The molecule has 1 amide bonds. The molecule has 0 fully saturated rings. The van der Waals surface area contributed by atoms with Crippen molar-refractivity contribution < 1.29 is 14.6 Å². The summed E-state index contributed by atoms with van der Waals surface area (Å²) < 4.78 is 6.57. The van der Waals surface area contributed by atoms with Crippen molar-refractivity contribution in [2.45, 2.75) is 26.8 Å². The van der Waals surface area contributed by atoms with Gasteiger partial charge in [0.25, 0.3) is 0 Å². The van der Waals surface area contributed by atoms with Crippen LogP contribution in [-0.4, -0.2) is 46.9 Å². The molecule has 0 atom stereocenters. The summed E-state index contributed by atoms with van der Waals surface area (Å²) in [4.78, 5) is 25.8. The fraction of sp³-hybridized carbons (Fsp3) is 0.667. The Balaban J connectivity index is 2.28. The summed E-state index contributed by atoms with van der Waals surface area (Å²) in [6, 6.07) is 0. The quantitative estimate of drug-likeness (QED) is 0.545. The van der Waals surface area contributed by atoms with Gasteiger partial charge in [-0.3, -0.25) is 9.36 Å². The van der Waals surface area contributed by atoms with Crippen molar-refractivity contribution in [2.24, 2.45) is 0 Å². The lowest BCUT2D eigenvalue weighted by Gasteiger charge is -2.07. The first-order valence-electron chi connectivity index (χ1n) is 6.27. The Hall–Kier alpha value is -1.60. The summed E-state index contributed by atoms with van der Waals surface area (Å²) in [5.74, 6) is -0.127. The van der Waals surface area contributed by atoms with Gasteiger partial charge in [-0.15, -0.1) is 0 Å². The summed E-state index contributed by atoms with van der Waals surface area (Å²) in [7, 11) is 0. The van der Waals surface area contributed by atoms with E-state index in [0.29, 0.717) is 19.7 Å². The maximum atomic E-state index is 11.5. The molecule has 7 heteroatoms. The Bertz CT molecular complexity index is 464. The van der Waals surface area contributed by atoms with Gasteiger partial charge in [0, 0.05) is 30.9 Å². The molecule has 1 aromatic rings. The SMILES string of the molecule is Cc1[nH]c(=O)n(CCC(=O)NCCOCCO)c1C. The van der Waals surface area contributed by atoms with Crippen molar-refractivity contribution >= 4 is 5.91 Å². The number of carbonyl (C=O) groups is 1. The maximum Gasteiger partial charge on any atom is 0.325 e. The number of aryl methyl sites for hydroxylation is 1. The molecule has 0 aromatic carbocycles.